The highest BCUT2D eigenvalue weighted by atomic mass is 79.9. The fraction of sp³-hybridized carbons (Fsp3) is 0.429. The molecule has 0 spiro atoms. The Morgan fingerprint density at radius 2 is 2.11 bits per heavy atom. The van der Waals surface area contributed by atoms with E-state index in [1.807, 2.05) is 0 Å². The van der Waals surface area contributed by atoms with Crippen molar-refractivity contribution in [3.05, 3.63) is 45.7 Å². The zero-order valence-electron chi connectivity index (χ0n) is 10.7. The summed E-state index contributed by atoms with van der Waals surface area (Å²) in [7, 11) is 0. The van der Waals surface area contributed by atoms with Crippen LogP contribution in [0.4, 0.5) is 0 Å². The first-order valence-corrected chi connectivity index (χ1v) is 6.77. The van der Waals surface area contributed by atoms with E-state index in [0.29, 0.717) is 5.56 Å². The third-order valence-corrected chi connectivity index (χ3v) is 3.51. The van der Waals surface area contributed by atoms with Gasteiger partial charge in [0.25, 0.3) is 0 Å². The lowest BCUT2D eigenvalue weighted by Crippen LogP contribution is -2.41. The number of rotatable bonds is 6. The highest BCUT2D eigenvalue weighted by Gasteiger charge is 2.42. The van der Waals surface area contributed by atoms with Crippen molar-refractivity contribution in [3.8, 4) is 0 Å². The number of carbonyl (C=O) groups is 1. The topological polar surface area (TPSA) is 50.9 Å². The Morgan fingerprint density at radius 1 is 1.47 bits per heavy atom. The Balaban J connectivity index is 3.19. The highest BCUT2D eigenvalue weighted by molar-refractivity contribution is 9.10. The van der Waals surface area contributed by atoms with E-state index >= 15 is 0 Å². The Hall–Kier alpha value is -1.38. The number of aliphatic hydroxyl groups is 1. The van der Waals surface area contributed by atoms with Crippen LogP contribution in [-0.4, -0.2) is 30.8 Å². The van der Waals surface area contributed by atoms with Gasteiger partial charge < -0.3 is 14.7 Å². The molecular weight excluding hydrogens is 310 g/mol. The van der Waals surface area contributed by atoms with E-state index in [2.05, 4.69) is 20.8 Å². The van der Waals surface area contributed by atoms with E-state index in [1.165, 1.54) is 0 Å². The maximum atomic E-state index is 12.2. The minimum atomic E-state index is -1.15. The zero-order valence-corrected chi connectivity index (χ0v) is 12.3. The van der Waals surface area contributed by atoms with Gasteiger partial charge in [0.2, 0.25) is 6.54 Å². The second kappa shape index (κ2) is 7.27. The average molecular weight is 326 g/mol. The molecule has 0 amide bonds. The maximum Gasteiger partial charge on any atom is 0.319 e. The highest BCUT2D eigenvalue weighted by Crippen LogP contribution is 2.30. The van der Waals surface area contributed by atoms with Crippen LogP contribution in [0.5, 0.6) is 0 Å². The predicted molar refractivity (Wildman–Crippen MR) is 75.6 cm³/mol. The van der Waals surface area contributed by atoms with Gasteiger partial charge in [-0.1, -0.05) is 28.1 Å². The van der Waals surface area contributed by atoms with Crippen molar-refractivity contribution in [2.45, 2.75) is 18.8 Å². The number of esters is 1. The van der Waals surface area contributed by atoms with E-state index < -0.39 is 11.4 Å². The standard InChI is InChI=1S/C14H16BrNO3/c1-3-19-13(18)14(10-17,8-9-16-2)11-4-6-12(15)7-5-11/h4-7,17H,3,8-10H2,1H3. The molecule has 0 aromatic heterocycles. The minimum absolute atomic E-state index is 0.162. The Morgan fingerprint density at radius 3 is 2.58 bits per heavy atom. The number of carbonyl (C=O) groups excluding carboxylic acids is 1. The van der Waals surface area contributed by atoms with E-state index in [-0.39, 0.29) is 26.2 Å². The van der Waals surface area contributed by atoms with Gasteiger partial charge in [-0.15, -0.1) is 0 Å². The van der Waals surface area contributed by atoms with Crippen LogP contribution in [0.15, 0.2) is 28.7 Å². The summed E-state index contributed by atoms with van der Waals surface area (Å²) in [5, 5.41) is 9.71. The summed E-state index contributed by atoms with van der Waals surface area (Å²) >= 11 is 3.33. The summed E-state index contributed by atoms with van der Waals surface area (Å²) < 4.78 is 5.95. The number of halogens is 1. The first-order valence-electron chi connectivity index (χ1n) is 5.98. The number of hydrogen-bond donors (Lipinski definition) is 1. The van der Waals surface area contributed by atoms with Gasteiger partial charge in [-0.25, -0.2) is 6.57 Å². The van der Waals surface area contributed by atoms with Gasteiger partial charge >= 0.3 is 5.97 Å². The van der Waals surface area contributed by atoms with Crippen molar-refractivity contribution in [2.75, 3.05) is 19.8 Å². The lowest BCUT2D eigenvalue weighted by atomic mass is 9.78. The van der Waals surface area contributed by atoms with Crippen LogP contribution in [0, 0.1) is 6.57 Å². The average Bonchev–Trinajstić information content (AvgIpc) is 2.42. The summed E-state index contributed by atoms with van der Waals surface area (Å²) in [5.41, 5.74) is -0.485. The molecule has 1 N–H and O–H groups in total. The van der Waals surface area contributed by atoms with Gasteiger partial charge in [0.15, 0.2) is 0 Å². The fourth-order valence-electron chi connectivity index (χ4n) is 1.88. The first-order chi connectivity index (χ1) is 9.10. The summed E-state index contributed by atoms with van der Waals surface area (Å²) in [4.78, 5) is 15.5. The quantitative estimate of drug-likeness (QED) is 0.646. The molecule has 0 radical (unpaired) electrons. The number of aliphatic hydroxyl groups excluding tert-OH is 1. The molecule has 102 valence electrons. The molecule has 1 aromatic rings. The molecular formula is C14H16BrNO3. The van der Waals surface area contributed by atoms with Crippen molar-refractivity contribution < 1.29 is 14.6 Å². The molecule has 0 bridgehead atoms. The molecule has 0 saturated heterocycles. The SMILES string of the molecule is [C-]#[N+]CCC(CO)(C(=O)OCC)c1ccc(Br)cc1. The van der Waals surface area contributed by atoms with Crippen LogP contribution in [-0.2, 0) is 14.9 Å². The van der Waals surface area contributed by atoms with E-state index in [1.54, 1.807) is 31.2 Å². The van der Waals surface area contributed by atoms with Crippen molar-refractivity contribution in [2.24, 2.45) is 0 Å². The zero-order chi connectivity index (χ0) is 14.3. The summed E-state index contributed by atoms with van der Waals surface area (Å²) in [5.74, 6) is -0.483. The van der Waals surface area contributed by atoms with Crippen LogP contribution in [0.3, 0.4) is 0 Å². The lowest BCUT2D eigenvalue weighted by Gasteiger charge is -2.28. The van der Waals surface area contributed by atoms with Crippen molar-refractivity contribution in [1.82, 2.24) is 0 Å². The van der Waals surface area contributed by atoms with Gasteiger partial charge in [-0.3, -0.25) is 4.79 Å². The molecule has 0 aliphatic carbocycles. The van der Waals surface area contributed by atoms with Crippen LogP contribution >= 0.6 is 15.9 Å². The molecule has 1 atom stereocenters. The van der Waals surface area contributed by atoms with Gasteiger partial charge in [-0.05, 0) is 24.6 Å². The van der Waals surface area contributed by atoms with Gasteiger partial charge in [-0.2, -0.15) is 0 Å². The van der Waals surface area contributed by atoms with Crippen molar-refractivity contribution in [1.29, 1.82) is 0 Å². The Labute approximate surface area is 121 Å². The van der Waals surface area contributed by atoms with Crippen LogP contribution in [0.2, 0.25) is 0 Å². The molecule has 19 heavy (non-hydrogen) atoms. The molecule has 0 aliphatic heterocycles. The van der Waals surface area contributed by atoms with E-state index in [9.17, 15) is 9.90 Å². The molecule has 5 heteroatoms. The summed E-state index contributed by atoms with van der Waals surface area (Å²) in [6.07, 6.45) is 0.244. The molecule has 1 unspecified atom stereocenters. The molecule has 0 saturated carbocycles. The number of ether oxygens (including phenoxy) is 1. The first kappa shape index (κ1) is 15.7. The third kappa shape index (κ3) is 3.55. The van der Waals surface area contributed by atoms with Crippen LogP contribution < -0.4 is 0 Å². The molecule has 1 aromatic carbocycles. The molecule has 0 aliphatic rings. The van der Waals surface area contributed by atoms with Gasteiger partial charge in [0.05, 0.1) is 13.2 Å². The monoisotopic (exact) mass is 325 g/mol. The molecule has 0 fully saturated rings. The second-order valence-electron chi connectivity index (χ2n) is 4.10. The molecule has 1 rings (SSSR count). The largest absolute Gasteiger partial charge is 0.465 e. The normalized spacial score (nSPS) is 13.4. The summed E-state index contributed by atoms with van der Waals surface area (Å²) in [6, 6.07) is 7.13. The smallest absolute Gasteiger partial charge is 0.319 e. The van der Waals surface area contributed by atoms with E-state index in [0.717, 1.165) is 4.47 Å². The van der Waals surface area contributed by atoms with E-state index in [4.69, 9.17) is 11.3 Å². The number of benzene rings is 1. The van der Waals surface area contributed by atoms with Crippen molar-refractivity contribution in [3.63, 3.8) is 0 Å². The van der Waals surface area contributed by atoms with Crippen molar-refractivity contribution >= 4 is 21.9 Å². The summed E-state index contributed by atoms with van der Waals surface area (Å²) in [6.45, 7) is 8.64. The minimum Gasteiger partial charge on any atom is -0.465 e. The maximum absolute atomic E-state index is 12.2. The Bertz CT molecular complexity index is 467. The second-order valence-corrected chi connectivity index (χ2v) is 5.01. The predicted octanol–water partition coefficient (Wildman–Crippen LogP) is 2.55. The molecule has 4 nitrogen and oxygen atoms in total. The van der Waals surface area contributed by atoms with Crippen LogP contribution in [0.25, 0.3) is 4.85 Å². The fourth-order valence-corrected chi connectivity index (χ4v) is 2.15. The van der Waals surface area contributed by atoms with Gasteiger partial charge in [0, 0.05) is 10.9 Å². The number of nitrogens with zero attached hydrogens (tertiary/aromatic N) is 1. The van der Waals surface area contributed by atoms with Crippen LogP contribution in [0.1, 0.15) is 18.9 Å². The third-order valence-electron chi connectivity index (χ3n) is 2.98. The molecule has 0 heterocycles. The Kier molecular flexibility index (Phi) is 6.00. The number of hydrogen-bond acceptors (Lipinski definition) is 3. The lowest BCUT2D eigenvalue weighted by molar-refractivity contribution is -0.152. The van der Waals surface area contributed by atoms with Gasteiger partial charge in [0.1, 0.15) is 5.41 Å².